The first-order chi connectivity index (χ1) is 10.3. The second kappa shape index (κ2) is 5.70. The number of carbonyl (C=O) groups is 2. The van der Waals surface area contributed by atoms with Crippen molar-refractivity contribution in [2.75, 3.05) is 13.1 Å². The average Bonchev–Trinajstić information content (AvgIpc) is 2.89. The van der Waals surface area contributed by atoms with Gasteiger partial charge >= 0.3 is 5.97 Å². The SMILES string of the molecule is CCc1ccc(C(=O)N2CCC(F)(C(=O)O)C2)cc1[N+](=O)[O-]. The Balaban J connectivity index is 2.26. The first kappa shape index (κ1) is 15.9. The Hall–Kier alpha value is -2.51. The molecule has 1 aliphatic heterocycles. The molecule has 22 heavy (non-hydrogen) atoms. The predicted octanol–water partition coefficient (Wildman–Crippen LogP) is 1.80. The van der Waals surface area contributed by atoms with E-state index in [9.17, 15) is 24.1 Å². The molecule has 0 radical (unpaired) electrons. The fourth-order valence-corrected chi connectivity index (χ4v) is 2.47. The summed E-state index contributed by atoms with van der Waals surface area (Å²) in [5.41, 5.74) is -2.07. The van der Waals surface area contributed by atoms with Crippen LogP contribution in [0.5, 0.6) is 0 Å². The number of nitro benzene ring substituents is 1. The van der Waals surface area contributed by atoms with Crippen LogP contribution in [0.3, 0.4) is 0 Å². The molecule has 1 aliphatic rings. The Morgan fingerprint density at radius 2 is 2.18 bits per heavy atom. The zero-order chi connectivity index (χ0) is 16.5. The maximum Gasteiger partial charge on any atom is 0.343 e. The monoisotopic (exact) mass is 310 g/mol. The molecule has 7 nitrogen and oxygen atoms in total. The van der Waals surface area contributed by atoms with Crippen molar-refractivity contribution in [3.63, 3.8) is 0 Å². The molecule has 1 amide bonds. The molecule has 1 N–H and O–H groups in total. The van der Waals surface area contributed by atoms with E-state index < -0.39 is 29.0 Å². The van der Waals surface area contributed by atoms with Crippen molar-refractivity contribution in [1.82, 2.24) is 4.90 Å². The van der Waals surface area contributed by atoms with Crippen LogP contribution >= 0.6 is 0 Å². The van der Waals surface area contributed by atoms with E-state index in [1.165, 1.54) is 12.1 Å². The van der Waals surface area contributed by atoms with Gasteiger partial charge in [0.2, 0.25) is 5.67 Å². The minimum absolute atomic E-state index is 0.0367. The van der Waals surface area contributed by atoms with Crippen LogP contribution in [0.2, 0.25) is 0 Å². The third kappa shape index (κ3) is 2.76. The smallest absolute Gasteiger partial charge is 0.343 e. The van der Waals surface area contributed by atoms with Crippen LogP contribution in [0.25, 0.3) is 0 Å². The van der Waals surface area contributed by atoms with Crippen LogP contribution in [0.1, 0.15) is 29.3 Å². The Bertz CT molecular complexity index is 648. The lowest BCUT2D eigenvalue weighted by atomic mass is 10.1. The number of nitro groups is 1. The molecular formula is C14H15FN2O5. The normalized spacial score (nSPS) is 20.9. The van der Waals surface area contributed by atoms with E-state index >= 15 is 0 Å². The second-order valence-corrected chi connectivity index (χ2v) is 5.20. The number of hydrogen-bond donors (Lipinski definition) is 1. The first-order valence-electron chi connectivity index (χ1n) is 6.77. The number of aryl methyl sites for hydroxylation is 1. The van der Waals surface area contributed by atoms with Crippen molar-refractivity contribution in [3.8, 4) is 0 Å². The van der Waals surface area contributed by atoms with Crippen LogP contribution in [0, 0.1) is 10.1 Å². The molecule has 0 aliphatic carbocycles. The fraction of sp³-hybridized carbons (Fsp3) is 0.429. The van der Waals surface area contributed by atoms with Gasteiger partial charge in [0.05, 0.1) is 11.5 Å². The summed E-state index contributed by atoms with van der Waals surface area (Å²) in [4.78, 5) is 34.6. The Morgan fingerprint density at radius 3 is 2.68 bits per heavy atom. The molecule has 2 rings (SSSR count). The van der Waals surface area contributed by atoms with E-state index in [1.54, 1.807) is 6.92 Å². The van der Waals surface area contributed by atoms with E-state index in [0.29, 0.717) is 12.0 Å². The number of nitrogens with zero attached hydrogens (tertiary/aromatic N) is 2. The maximum atomic E-state index is 14.0. The van der Waals surface area contributed by atoms with E-state index in [0.717, 1.165) is 11.0 Å². The third-order valence-corrected chi connectivity index (χ3v) is 3.80. The molecule has 118 valence electrons. The molecule has 8 heteroatoms. The highest BCUT2D eigenvalue weighted by atomic mass is 19.1. The number of carboxylic acids is 1. The number of halogens is 1. The third-order valence-electron chi connectivity index (χ3n) is 3.80. The zero-order valence-corrected chi connectivity index (χ0v) is 11.9. The van der Waals surface area contributed by atoms with Crippen LogP contribution in [0.4, 0.5) is 10.1 Å². The number of likely N-dealkylation sites (tertiary alicyclic amines) is 1. The van der Waals surface area contributed by atoms with Crippen LogP contribution in [-0.4, -0.2) is 45.6 Å². The van der Waals surface area contributed by atoms with Crippen LogP contribution in [0.15, 0.2) is 18.2 Å². The van der Waals surface area contributed by atoms with Gasteiger partial charge in [-0.2, -0.15) is 0 Å². The predicted molar refractivity (Wildman–Crippen MR) is 74.5 cm³/mol. The molecule has 1 aromatic rings. The summed E-state index contributed by atoms with van der Waals surface area (Å²) in [6, 6.07) is 4.08. The second-order valence-electron chi connectivity index (χ2n) is 5.20. The summed E-state index contributed by atoms with van der Waals surface area (Å²) in [5, 5.41) is 19.8. The molecule has 1 atom stereocenters. The Morgan fingerprint density at radius 1 is 1.50 bits per heavy atom. The lowest BCUT2D eigenvalue weighted by Crippen LogP contribution is -2.38. The summed E-state index contributed by atoms with van der Waals surface area (Å²) in [7, 11) is 0. The number of amides is 1. The summed E-state index contributed by atoms with van der Waals surface area (Å²) in [6.07, 6.45) is 0.157. The van der Waals surface area contributed by atoms with E-state index in [2.05, 4.69) is 0 Å². The van der Waals surface area contributed by atoms with Crippen molar-refractivity contribution < 1.29 is 24.0 Å². The van der Waals surface area contributed by atoms with Gasteiger partial charge in [-0.3, -0.25) is 14.9 Å². The lowest BCUT2D eigenvalue weighted by Gasteiger charge is -2.18. The van der Waals surface area contributed by atoms with Crippen molar-refractivity contribution in [2.45, 2.75) is 25.4 Å². The number of carbonyl (C=O) groups excluding carboxylic acids is 1. The maximum absolute atomic E-state index is 14.0. The quantitative estimate of drug-likeness (QED) is 0.675. The number of hydrogen-bond acceptors (Lipinski definition) is 4. The highest BCUT2D eigenvalue weighted by Gasteiger charge is 2.47. The standard InChI is InChI=1S/C14H15FN2O5/c1-2-9-3-4-10(7-11(9)17(21)22)12(18)16-6-5-14(15,8-16)13(19)20/h3-4,7H,2,5-6,8H2,1H3,(H,19,20). The van der Waals surface area contributed by atoms with Crippen molar-refractivity contribution in [2.24, 2.45) is 0 Å². The summed E-state index contributed by atoms with van der Waals surface area (Å²) in [5.74, 6) is -2.21. The molecule has 1 saturated heterocycles. The number of rotatable bonds is 4. The molecule has 0 aromatic heterocycles. The molecule has 1 aromatic carbocycles. The van der Waals surface area contributed by atoms with Crippen molar-refractivity contribution >= 4 is 17.6 Å². The Labute approximate surface area is 125 Å². The van der Waals surface area contributed by atoms with Crippen LogP contribution in [-0.2, 0) is 11.2 Å². The van der Waals surface area contributed by atoms with Crippen molar-refractivity contribution in [1.29, 1.82) is 0 Å². The van der Waals surface area contributed by atoms with Gasteiger partial charge in [-0.1, -0.05) is 13.0 Å². The molecule has 0 spiro atoms. The van der Waals surface area contributed by atoms with Crippen molar-refractivity contribution in [3.05, 3.63) is 39.4 Å². The van der Waals surface area contributed by atoms with Crippen LogP contribution < -0.4 is 0 Å². The number of benzene rings is 1. The Kier molecular flexibility index (Phi) is 4.11. The largest absolute Gasteiger partial charge is 0.479 e. The summed E-state index contributed by atoms with van der Waals surface area (Å²) >= 11 is 0. The van der Waals surface area contributed by atoms with Gasteiger partial charge in [-0.05, 0) is 12.5 Å². The molecular weight excluding hydrogens is 295 g/mol. The molecule has 0 bridgehead atoms. The number of aliphatic carboxylic acids is 1. The zero-order valence-electron chi connectivity index (χ0n) is 11.9. The highest BCUT2D eigenvalue weighted by Crippen LogP contribution is 2.28. The van der Waals surface area contributed by atoms with E-state index in [1.807, 2.05) is 0 Å². The van der Waals surface area contributed by atoms with E-state index in [4.69, 9.17) is 5.11 Å². The highest BCUT2D eigenvalue weighted by molar-refractivity contribution is 5.96. The lowest BCUT2D eigenvalue weighted by molar-refractivity contribution is -0.385. The van der Waals surface area contributed by atoms with Gasteiger partial charge < -0.3 is 10.0 Å². The average molecular weight is 310 g/mol. The number of carboxylic acid groups (broad SMARTS) is 1. The fourth-order valence-electron chi connectivity index (χ4n) is 2.47. The molecule has 1 fully saturated rings. The minimum atomic E-state index is -2.45. The summed E-state index contributed by atoms with van der Waals surface area (Å²) < 4.78 is 14.0. The van der Waals surface area contributed by atoms with Gasteiger partial charge in [0.15, 0.2) is 0 Å². The van der Waals surface area contributed by atoms with E-state index in [-0.39, 0.29) is 24.2 Å². The van der Waals surface area contributed by atoms with Gasteiger partial charge in [0.1, 0.15) is 0 Å². The number of alkyl halides is 1. The first-order valence-corrected chi connectivity index (χ1v) is 6.77. The van der Waals surface area contributed by atoms with Gasteiger partial charge in [-0.15, -0.1) is 0 Å². The summed E-state index contributed by atoms with van der Waals surface area (Å²) in [6.45, 7) is 1.17. The molecule has 1 heterocycles. The van der Waals surface area contributed by atoms with Gasteiger partial charge in [-0.25, -0.2) is 9.18 Å². The topological polar surface area (TPSA) is 101 Å². The van der Waals surface area contributed by atoms with Gasteiger partial charge in [0, 0.05) is 30.2 Å². The minimum Gasteiger partial charge on any atom is -0.479 e. The molecule has 0 saturated carbocycles. The van der Waals surface area contributed by atoms with Gasteiger partial charge in [0.25, 0.3) is 11.6 Å². The molecule has 1 unspecified atom stereocenters.